The molecular formula is C25H22ClN9O4. The van der Waals surface area contributed by atoms with Crippen LogP contribution in [0.3, 0.4) is 0 Å². The highest BCUT2D eigenvalue weighted by atomic mass is 35.5. The number of tetrazole rings is 1. The summed E-state index contributed by atoms with van der Waals surface area (Å²) >= 11 is 6.26. The summed E-state index contributed by atoms with van der Waals surface area (Å²) < 4.78 is 12.9. The number of amides is 1. The van der Waals surface area contributed by atoms with Gasteiger partial charge < -0.3 is 14.5 Å². The van der Waals surface area contributed by atoms with Crippen LogP contribution in [0, 0.1) is 0 Å². The number of benzene rings is 2. The molecule has 0 unspecified atom stereocenters. The van der Waals surface area contributed by atoms with Gasteiger partial charge in [0.05, 0.1) is 36.9 Å². The summed E-state index contributed by atoms with van der Waals surface area (Å²) in [7, 11) is 2.83. The SMILES string of the molecule is COCc1nc(-c2cc(Cl)ccc2-n2cnnn2)cc(=O)n1Cc1ncc(-c2ccc(NC(=O)OC)cc2)[nH]1. The molecule has 0 fully saturated rings. The number of methoxy groups -OCH3 is 2. The fraction of sp³-hybridized carbons (Fsp3) is 0.160. The molecule has 2 aromatic carbocycles. The van der Waals surface area contributed by atoms with Gasteiger partial charge in [-0.3, -0.25) is 14.7 Å². The Morgan fingerprint density at radius 1 is 1.13 bits per heavy atom. The zero-order valence-corrected chi connectivity index (χ0v) is 21.6. The molecule has 0 aliphatic rings. The van der Waals surface area contributed by atoms with Crippen LogP contribution < -0.4 is 10.9 Å². The van der Waals surface area contributed by atoms with Crippen molar-refractivity contribution in [3.63, 3.8) is 0 Å². The van der Waals surface area contributed by atoms with Crippen LogP contribution in [0.4, 0.5) is 10.5 Å². The van der Waals surface area contributed by atoms with E-state index in [0.29, 0.717) is 39.3 Å². The van der Waals surface area contributed by atoms with Crippen molar-refractivity contribution < 1.29 is 14.3 Å². The fourth-order valence-corrected chi connectivity index (χ4v) is 4.10. The Kier molecular flexibility index (Phi) is 7.43. The van der Waals surface area contributed by atoms with Gasteiger partial charge in [0.25, 0.3) is 5.56 Å². The van der Waals surface area contributed by atoms with Gasteiger partial charge >= 0.3 is 6.09 Å². The number of rotatable bonds is 8. The first-order valence-electron chi connectivity index (χ1n) is 11.6. The highest BCUT2D eigenvalue weighted by Gasteiger charge is 2.16. The van der Waals surface area contributed by atoms with Gasteiger partial charge in [-0.2, -0.15) is 4.68 Å². The number of hydrogen-bond acceptors (Lipinski definition) is 9. The van der Waals surface area contributed by atoms with Gasteiger partial charge in [-0.15, -0.1) is 5.10 Å². The molecule has 2 N–H and O–H groups in total. The van der Waals surface area contributed by atoms with E-state index in [4.69, 9.17) is 21.3 Å². The summed E-state index contributed by atoms with van der Waals surface area (Å²) in [4.78, 5) is 37.1. The lowest BCUT2D eigenvalue weighted by Crippen LogP contribution is -2.26. The van der Waals surface area contributed by atoms with Crippen molar-refractivity contribution >= 4 is 23.4 Å². The van der Waals surface area contributed by atoms with E-state index in [2.05, 4.69) is 35.5 Å². The van der Waals surface area contributed by atoms with Gasteiger partial charge in [0.1, 0.15) is 24.6 Å². The summed E-state index contributed by atoms with van der Waals surface area (Å²) in [5, 5.41) is 14.4. The Balaban J connectivity index is 1.44. The number of carbonyl (C=O) groups excluding carboxylic acids is 1. The summed E-state index contributed by atoms with van der Waals surface area (Å²) in [5.41, 5.74) is 3.48. The van der Waals surface area contributed by atoms with Crippen molar-refractivity contribution in [3.05, 3.63) is 88.1 Å². The maximum absolute atomic E-state index is 13.3. The third kappa shape index (κ3) is 5.68. The van der Waals surface area contributed by atoms with Crippen molar-refractivity contribution in [3.8, 4) is 28.2 Å². The molecule has 39 heavy (non-hydrogen) atoms. The molecule has 0 atom stereocenters. The molecule has 14 heteroatoms. The second kappa shape index (κ2) is 11.2. The minimum atomic E-state index is -0.550. The van der Waals surface area contributed by atoms with Crippen LogP contribution in [0.2, 0.25) is 5.02 Å². The van der Waals surface area contributed by atoms with Gasteiger partial charge in [0.15, 0.2) is 0 Å². The van der Waals surface area contributed by atoms with E-state index >= 15 is 0 Å². The van der Waals surface area contributed by atoms with Crippen LogP contribution in [0.15, 0.2) is 65.8 Å². The molecule has 1 amide bonds. The van der Waals surface area contributed by atoms with Crippen molar-refractivity contribution in [1.29, 1.82) is 0 Å². The molecule has 0 spiro atoms. The minimum absolute atomic E-state index is 0.0894. The van der Waals surface area contributed by atoms with Crippen LogP contribution in [-0.4, -0.2) is 60.0 Å². The number of aromatic nitrogens is 8. The fourth-order valence-electron chi connectivity index (χ4n) is 3.93. The highest BCUT2D eigenvalue weighted by molar-refractivity contribution is 6.31. The first kappa shape index (κ1) is 25.8. The van der Waals surface area contributed by atoms with Crippen LogP contribution in [-0.2, 0) is 22.6 Å². The molecule has 0 bridgehead atoms. The van der Waals surface area contributed by atoms with Crippen LogP contribution >= 0.6 is 11.6 Å². The maximum atomic E-state index is 13.3. The number of halogens is 1. The zero-order valence-electron chi connectivity index (χ0n) is 20.8. The average Bonchev–Trinajstić information content (AvgIpc) is 3.64. The molecule has 3 heterocycles. The summed E-state index contributed by atoms with van der Waals surface area (Å²) in [6.45, 7) is 0.230. The number of H-pyrrole nitrogens is 1. The number of nitrogens with zero attached hydrogens (tertiary/aromatic N) is 7. The lowest BCUT2D eigenvalue weighted by atomic mass is 10.1. The Hall–Kier alpha value is -4.88. The van der Waals surface area contributed by atoms with E-state index in [9.17, 15) is 9.59 Å². The molecule has 5 rings (SSSR count). The quantitative estimate of drug-likeness (QED) is 0.297. The third-order valence-corrected chi connectivity index (χ3v) is 5.99. The van der Waals surface area contributed by atoms with Gasteiger partial charge in [0, 0.05) is 29.4 Å². The summed E-state index contributed by atoms with van der Waals surface area (Å²) in [5.74, 6) is 0.951. The van der Waals surface area contributed by atoms with Crippen molar-refractivity contribution in [2.75, 3.05) is 19.5 Å². The second-order valence-corrected chi connectivity index (χ2v) is 8.70. The van der Waals surface area contributed by atoms with E-state index in [1.165, 1.54) is 35.9 Å². The first-order chi connectivity index (χ1) is 18.9. The predicted octanol–water partition coefficient (Wildman–Crippen LogP) is 3.30. The van der Waals surface area contributed by atoms with E-state index in [0.717, 1.165) is 11.3 Å². The summed E-state index contributed by atoms with van der Waals surface area (Å²) in [6, 6.07) is 13.7. The normalized spacial score (nSPS) is 10.9. The van der Waals surface area contributed by atoms with E-state index in [1.54, 1.807) is 36.5 Å². The lowest BCUT2D eigenvalue weighted by molar-refractivity contribution is 0.173. The first-order valence-corrected chi connectivity index (χ1v) is 11.9. The Labute approximate surface area is 226 Å². The molecule has 3 aromatic heterocycles. The maximum Gasteiger partial charge on any atom is 0.411 e. The van der Waals surface area contributed by atoms with Crippen LogP contribution in [0.5, 0.6) is 0 Å². The van der Waals surface area contributed by atoms with E-state index in [1.807, 2.05) is 12.1 Å². The van der Waals surface area contributed by atoms with Crippen LogP contribution in [0.1, 0.15) is 11.6 Å². The minimum Gasteiger partial charge on any atom is -0.453 e. The van der Waals surface area contributed by atoms with Crippen molar-refractivity contribution in [1.82, 2.24) is 39.7 Å². The van der Waals surface area contributed by atoms with Gasteiger partial charge in [-0.05, 0) is 46.3 Å². The number of nitrogens with one attached hydrogen (secondary N) is 2. The number of imidazole rings is 1. The van der Waals surface area contributed by atoms with Crippen molar-refractivity contribution in [2.45, 2.75) is 13.2 Å². The Morgan fingerprint density at radius 3 is 2.67 bits per heavy atom. The highest BCUT2D eigenvalue weighted by Crippen LogP contribution is 2.28. The van der Waals surface area contributed by atoms with E-state index in [-0.39, 0.29) is 18.7 Å². The monoisotopic (exact) mass is 547 g/mol. The molecule has 0 aliphatic heterocycles. The second-order valence-electron chi connectivity index (χ2n) is 8.27. The Bertz CT molecular complexity index is 1660. The molecule has 0 aliphatic carbocycles. The Morgan fingerprint density at radius 2 is 1.95 bits per heavy atom. The molecule has 5 aromatic rings. The molecule has 0 radical (unpaired) electrons. The third-order valence-electron chi connectivity index (χ3n) is 5.76. The molecule has 198 valence electrons. The largest absolute Gasteiger partial charge is 0.453 e. The van der Waals surface area contributed by atoms with E-state index < -0.39 is 6.09 Å². The standard InChI is InChI=1S/C25H22ClN9O4/c1-38-13-23-31-19(18-9-16(26)5-8-21(18)35-14-28-32-33-35)10-24(36)34(23)12-22-27-11-20(30-22)15-3-6-17(7-4-15)29-25(37)39-2/h3-11,14H,12-13H2,1-2H3,(H,27,30)(H,29,37). The number of ether oxygens (including phenoxy) is 2. The summed E-state index contributed by atoms with van der Waals surface area (Å²) in [6.07, 6.45) is 2.57. The molecule has 0 saturated carbocycles. The lowest BCUT2D eigenvalue weighted by Gasteiger charge is -2.14. The van der Waals surface area contributed by atoms with Gasteiger partial charge in [0.2, 0.25) is 0 Å². The number of hydrogen-bond donors (Lipinski definition) is 2. The zero-order chi connectivity index (χ0) is 27.4. The number of anilines is 1. The smallest absolute Gasteiger partial charge is 0.411 e. The van der Waals surface area contributed by atoms with Gasteiger partial charge in [-0.1, -0.05) is 23.7 Å². The average molecular weight is 548 g/mol. The van der Waals surface area contributed by atoms with Crippen molar-refractivity contribution in [2.24, 2.45) is 0 Å². The van der Waals surface area contributed by atoms with Gasteiger partial charge in [-0.25, -0.2) is 14.8 Å². The number of aromatic amines is 1. The predicted molar refractivity (Wildman–Crippen MR) is 142 cm³/mol. The topological polar surface area (TPSA) is 155 Å². The molecule has 0 saturated heterocycles. The molecular weight excluding hydrogens is 526 g/mol. The number of carbonyl (C=O) groups is 1. The van der Waals surface area contributed by atoms with Crippen LogP contribution in [0.25, 0.3) is 28.2 Å². The molecule has 13 nitrogen and oxygen atoms in total.